The fraction of sp³-hybridized carbons (Fsp3) is 0.571. The third kappa shape index (κ3) is 2.51. The molecular formula is C14H17BF3N3O2. The number of alkyl halides is 3. The molecule has 1 aliphatic rings. The van der Waals surface area contributed by atoms with Crippen LogP contribution < -0.4 is 5.46 Å². The summed E-state index contributed by atoms with van der Waals surface area (Å²) in [6.45, 7) is 8.98. The number of hydrogen-bond acceptors (Lipinski definition) is 4. The maximum Gasteiger partial charge on any atom is 0.496 e. The van der Waals surface area contributed by atoms with Gasteiger partial charge < -0.3 is 9.31 Å². The van der Waals surface area contributed by atoms with Crippen LogP contribution in [0.4, 0.5) is 13.2 Å². The van der Waals surface area contributed by atoms with Crippen molar-refractivity contribution in [3.63, 3.8) is 0 Å². The first-order valence-corrected chi connectivity index (χ1v) is 7.20. The van der Waals surface area contributed by atoms with Crippen molar-refractivity contribution >= 4 is 18.2 Å². The lowest BCUT2D eigenvalue weighted by Gasteiger charge is -2.32. The van der Waals surface area contributed by atoms with Crippen LogP contribution in [0.2, 0.25) is 0 Å². The van der Waals surface area contributed by atoms with Gasteiger partial charge in [-0.15, -0.1) is 10.2 Å². The van der Waals surface area contributed by atoms with Crippen LogP contribution in [-0.2, 0) is 15.5 Å². The Kier molecular flexibility index (Phi) is 3.32. The van der Waals surface area contributed by atoms with Crippen LogP contribution in [0.25, 0.3) is 5.65 Å². The Morgan fingerprint density at radius 2 is 1.65 bits per heavy atom. The maximum absolute atomic E-state index is 13.3. The summed E-state index contributed by atoms with van der Waals surface area (Å²) < 4.78 is 53.0. The zero-order chi connectivity index (χ0) is 17.2. The Bertz CT molecular complexity index is 754. The first kappa shape index (κ1) is 16.3. The summed E-state index contributed by atoms with van der Waals surface area (Å²) >= 11 is 0. The molecule has 2 aromatic rings. The summed E-state index contributed by atoms with van der Waals surface area (Å²) in [4.78, 5) is 0. The summed E-state index contributed by atoms with van der Waals surface area (Å²) in [5, 5.41) is 7.35. The lowest BCUT2D eigenvalue weighted by Crippen LogP contribution is -2.41. The average molecular weight is 327 g/mol. The summed E-state index contributed by atoms with van der Waals surface area (Å²) in [6, 6.07) is 1.02. The third-order valence-electron chi connectivity index (χ3n) is 4.53. The van der Waals surface area contributed by atoms with Gasteiger partial charge >= 0.3 is 13.3 Å². The molecule has 0 atom stereocenters. The Morgan fingerprint density at radius 3 is 2.17 bits per heavy atom. The minimum Gasteiger partial charge on any atom is -0.399 e. The monoisotopic (exact) mass is 327 g/mol. The van der Waals surface area contributed by atoms with Gasteiger partial charge in [-0.25, -0.2) is 0 Å². The molecule has 1 saturated heterocycles. The molecule has 3 heterocycles. The van der Waals surface area contributed by atoms with Crippen LogP contribution in [0.15, 0.2) is 12.3 Å². The smallest absolute Gasteiger partial charge is 0.399 e. The van der Waals surface area contributed by atoms with E-state index in [0.29, 0.717) is 5.82 Å². The van der Waals surface area contributed by atoms with Crippen molar-refractivity contribution < 1.29 is 22.5 Å². The number of rotatable bonds is 1. The highest BCUT2D eigenvalue weighted by atomic mass is 19.4. The molecule has 0 unspecified atom stereocenters. The summed E-state index contributed by atoms with van der Waals surface area (Å²) in [7, 11) is -0.882. The highest BCUT2D eigenvalue weighted by Crippen LogP contribution is 2.37. The predicted molar refractivity (Wildman–Crippen MR) is 78.4 cm³/mol. The Labute approximate surface area is 131 Å². The van der Waals surface area contributed by atoms with E-state index in [0.717, 1.165) is 6.07 Å². The van der Waals surface area contributed by atoms with Gasteiger partial charge in [-0.3, -0.25) is 4.40 Å². The molecule has 0 radical (unpaired) electrons. The van der Waals surface area contributed by atoms with Gasteiger partial charge in [-0.05, 0) is 46.1 Å². The van der Waals surface area contributed by atoms with E-state index in [9.17, 15) is 13.2 Å². The van der Waals surface area contributed by atoms with Gasteiger partial charge in [0, 0.05) is 6.20 Å². The molecule has 2 aromatic heterocycles. The van der Waals surface area contributed by atoms with E-state index in [1.165, 1.54) is 10.6 Å². The molecule has 0 N–H and O–H groups in total. The molecule has 1 fully saturated rings. The quantitative estimate of drug-likeness (QED) is 0.755. The first-order valence-electron chi connectivity index (χ1n) is 7.20. The van der Waals surface area contributed by atoms with Gasteiger partial charge in [-0.2, -0.15) is 13.2 Å². The van der Waals surface area contributed by atoms with Crippen LogP contribution in [0.1, 0.15) is 39.1 Å². The van der Waals surface area contributed by atoms with E-state index >= 15 is 0 Å². The van der Waals surface area contributed by atoms with Crippen molar-refractivity contribution in [2.45, 2.75) is 52.0 Å². The van der Waals surface area contributed by atoms with Crippen molar-refractivity contribution in [3.05, 3.63) is 23.7 Å². The number of hydrogen-bond donors (Lipinski definition) is 0. The van der Waals surface area contributed by atoms with Crippen LogP contribution in [-0.4, -0.2) is 32.9 Å². The summed E-state index contributed by atoms with van der Waals surface area (Å²) in [6.07, 6.45) is -3.01. The van der Waals surface area contributed by atoms with E-state index in [1.54, 1.807) is 6.92 Å². The van der Waals surface area contributed by atoms with Crippen molar-refractivity contribution in [2.75, 3.05) is 0 Å². The molecule has 0 amide bonds. The van der Waals surface area contributed by atoms with Gasteiger partial charge in [-0.1, -0.05) is 0 Å². The second-order valence-corrected chi connectivity index (χ2v) is 6.71. The van der Waals surface area contributed by atoms with Gasteiger partial charge in [0.1, 0.15) is 11.4 Å². The van der Waals surface area contributed by atoms with E-state index in [4.69, 9.17) is 9.31 Å². The first-order chi connectivity index (χ1) is 10.4. The number of aromatic nitrogens is 3. The van der Waals surface area contributed by atoms with Gasteiger partial charge in [0.05, 0.1) is 11.2 Å². The van der Waals surface area contributed by atoms with Crippen LogP contribution in [0, 0.1) is 6.92 Å². The van der Waals surface area contributed by atoms with Gasteiger partial charge in [0.15, 0.2) is 5.65 Å². The normalized spacial score (nSPS) is 20.4. The fourth-order valence-electron chi connectivity index (χ4n) is 2.44. The van der Waals surface area contributed by atoms with Crippen molar-refractivity contribution in [2.24, 2.45) is 0 Å². The number of aryl methyl sites for hydroxylation is 1. The highest BCUT2D eigenvalue weighted by molar-refractivity contribution is 6.62. The molecule has 23 heavy (non-hydrogen) atoms. The van der Waals surface area contributed by atoms with Crippen LogP contribution in [0.3, 0.4) is 0 Å². The van der Waals surface area contributed by atoms with E-state index in [2.05, 4.69) is 10.2 Å². The molecule has 5 nitrogen and oxygen atoms in total. The molecule has 124 valence electrons. The van der Waals surface area contributed by atoms with Crippen molar-refractivity contribution in [3.8, 4) is 0 Å². The Hall–Kier alpha value is -1.61. The number of pyridine rings is 1. The number of nitrogens with zero attached hydrogens (tertiary/aromatic N) is 3. The second kappa shape index (κ2) is 4.70. The largest absolute Gasteiger partial charge is 0.496 e. The number of fused-ring (bicyclic) bond motifs is 1. The van der Waals surface area contributed by atoms with Crippen molar-refractivity contribution in [1.82, 2.24) is 14.6 Å². The second-order valence-electron chi connectivity index (χ2n) is 6.71. The molecule has 0 bridgehead atoms. The fourth-order valence-corrected chi connectivity index (χ4v) is 2.44. The molecular weight excluding hydrogens is 310 g/mol. The van der Waals surface area contributed by atoms with Crippen molar-refractivity contribution in [1.29, 1.82) is 0 Å². The Morgan fingerprint density at radius 1 is 1.09 bits per heavy atom. The highest BCUT2D eigenvalue weighted by Gasteiger charge is 2.52. The van der Waals surface area contributed by atoms with Gasteiger partial charge in [0.2, 0.25) is 0 Å². The van der Waals surface area contributed by atoms with E-state index < -0.39 is 30.1 Å². The minimum absolute atomic E-state index is 0.227. The molecule has 0 aromatic carbocycles. The molecule has 0 saturated carbocycles. The predicted octanol–water partition coefficient (Wildman–Crippen LogP) is 2.36. The minimum atomic E-state index is -4.54. The van der Waals surface area contributed by atoms with E-state index in [1.807, 2.05) is 27.7 Å². The third-order valence-corrected chi connectivity index (χ3v) is 4.53. The van der Waals surface area contributed by atoms with Gasteiger partial charge in [0.25, 0.3) is 0 Å². The lowest BCUT2D eigenvalue weighted by molar-refractivity contribution is -0.136. The summed E-state index contributed by atoms with van der Waals surface area (Å²) in [5.74, 6) is 0.365. The van der Waals surface area contributed by atoms with Crippen LogP contribution >= 0.6 is 0 Å². The standard InChI is InChI=1S/C14H17BF3N3O2/c1-8-19-20-11-10(14(16,17)18)6-9(7-21(8)11)15-22-12(2,3)13(4,5)23-15/h6-7H,1-5H3. The lowest BCUT2D eigenvalue weighted by atomic mass is 9.79. The molecule has 3 rings (SSSR count). The molecule has 1 aliphatic heterocycles. The summed E-state index contributed by atoms with van der Waals surface area (Å²) in [5.41, 5.74) is -2.06. The molecule has 0 spiro atoms. The van der Waals surface area contributed by atoms with E-state index in [-0.39, 0.29) is 11.1 Å². The molecule has 0 aliphatic carbocycles. The topological polar surface area (TPSA) is 48.7 Å². The number of halogens is 3. The maximum atomic E-state index is 13.3. The molecule has 9 heteroatoms. The van der Waals surface area contributed by atoms with Crippen LogP contribution in [0.5, 0.6) is 0 Å². The average Bonchev–Trinajstić information content (AvgIpc) is 2.86. The SMILES string of the molecule is Cc1nnc2c(C(F)(F)F)cc(B3OC(C)(C)C(C)(C)O3)cn12. The zero-order valence-electron chi connectivity index (χ0n) is 13.5. The zero-order valence-corrected chi connectivity index (χ0v) is 13.5. The Balaban J connectivity index is 2.15.